The van der Waals surface area contributed by atoms with Gasteiger partial charge in [-0.15, -0.1) is 0 Å². The van der Waals surface area contributed by atoms with E-state index in [-0.39, 0.29) is 24.4 Å². The smallest absolute Gasteiger partial charge is 0.254 e. The Morgan fingerprint density at radius 3 is 2.18 bits per heavy atom. The van der Waals surface area contributed by atoms with Crippen LogP contribution in [0.4, 0.5) is 5.69 Å². The molecule has 2 amide bonds. The number of amides is 2. The average molecular weight is 525 g/mol. The molecular formula is C33H40N4O2. The minimum absolute atomic E-state index is 0.0374. The molecule has 39 heavy (non-hydrogen) atoms. The molecule has 0 aliphatic carbocycles. The summed E-state index contributed by atoms with van der Waals surface area (Å²) >= 11 is 0. The highest BCUT2D eigenvalue weighted by atomic mass is 16.2. The van der Waals surface area contributed by atoms with E-state index < -0.39 is 0 Å². The molecule has 4 aromatic rings. The molecule has 0 atom stereocenters. The zero-order valence-electron chi connectivity index (χ0n) is 23.8. The predicted octanol–water partition coefficient (Wildman–Crippen LogP) is 5.92. The van der Waals surface area contributed by atoms with Gasteiger partial charge in [-0.3, -0.25) is 9.59 Å². The molecule has 3 aromatic carbocycles. The molecule has 0 aliphatic heterocycles. The van der Waals surface area contributed by atoms with Gasteiger partial charge in [-0.2, -0.15) is 0 Å². The van der Waals surface area contributed by atoms with Crippen LogP contribution in [0.5, 0.6) is 0 Å². The maximum Gasteiger partial charge on any atom is 0.254 e. The van der Waals surface area contributed by atoms with Gasteiger partial charge in [-0.1, -0.05) is 49.4 Å². The topological polar surface area (TPSA) is 59.7 Å². The second kappa shape index (κ2) is 12.7. The standard InChI is InChI=1S/C33H40N4O2/c1-6-25-11-15-27(16-12-25)33(39)37(24(2)3)23-32(38)36(22-26-13-17-29(18-14-26)35(4)5)20-19-28-21-34-31-10-8-7-9-30(28)31/h7-18,21,24,34H,6,19-20,22-23H2,1-5H3. The summed E-state index contributed by atoms with van der Waals surface area (Å²) in [5, 5.41) is 1.18. The van der Waals surface area contributed by atoms with Crippen molar-refractivity contribution in [2.45, 2.75) is 46.2 Å². The summed E-state index contributed by atoms with van der Waals surface area (Å²) in [6, 6.07) is 24.1. The van der Waals surface area contributed by atoms with Crippen LogP contribution in [0.3, 0.4) is 0 Å². The molecule has 0 unspecified atom stereocenters. The van der Waals surface area contributed by atoms with Crippen LogP contribution >= 0.6 is 0 Å². The lowest BCUT2D eigenvalue weighted by molar-refractivity contribution is -0.132. The number of para-hydroxylation sites is 1. The van der Waals surface area contributed by atoms with Crippen LogP contribution in [0.1, 0.15) is 47.8 Å². The number of hydrogen-bond donors (Lipinski definition) is 1. The van der Waals surface area contributed by atoms with E-state index in [1.807, 2.05) is 75.4 Å². The number of anilines is 1. The molecule has 0 saturated carbocycles. The summed E-state index contributed by atoms with van der Waals surface area (Å²) in [5.74, 6) is -0.174. The molecule has 204 valence electrons. The Bertz CT molecular complexity index is 1390. The number of aromatic nitrogens is 1. The first-order valence-corrected chi connectivity index (χ1v) is 13.8. The van der Waals surface area contributed by atoms with Gasteiger partial charge in [-0.25, -0.2) is 0 Å². The summed E-state index contributed by atoms with van der Waals surface area (Å²) < 4.78 is 0. The Hall–Kier alpha value is -4.06. The largest absolute Gasteiger partial charge is 0.378 e. The lowest BCUT2D eigenvalue weighted by Crippen LogP contribution is -2.46. The molecule has 6 heteroatoms. The third-order valence-corrected chi connectivity index (χ3v) is 7.30. The van der Waals surface area contributed by atoms with Gasteiger partial charge in [0.1, 0.15) is 6.54 Å². The predicted molar refractivity (Wildman–Crippen MR) is 160 cm³/mol. The van der Waals surface area contributed by atoms with Gasteiger partial charge in [0, 0.05) is 61.6 Å². The maximum absolute atomic E-state index is 13.8. The van der Waals surface area contributed by atoms with Gasteiger partial charge >= 0.3 is 0 Å². The fourth-order valence-electron chi connectivity index (χ4n) is 4.79. The van der Waals surface area contributed by atoms with Crippen molar-refractivity contribution in [1.29, 1.82) is 0 Å². The van der Waals surface area contributed by atoms with E-state index in [1.54, 1.807) is 4.90 Å². The van der Waals surface area contributed by atoms with Crippen LogP contribution in [0.2, 0.25) is 0 Å². The molecular weight excluding hydrogens is 484 g/mol. The Labute approximate surface area is 232 Å². The van der Waals surface area contributed by atoms with Crippen molar-refractivity contribution in [2.75, 3.05) is 32.1 Å². The van der Waals surface area contributed by atoms with E-state index >= 15 is 0 Å². The van der Waals surface area contributed by atoms with Crippen molar-refractivity contribution in [3.05, 3.63) is 101 Å². The number of nitrogens with one attached hydrogen (secondary N) is 1. The van der Waals surface area contributed by atoms with Crippen molar-refractivity contribution >= 4 is 28.4 Å². The normalized spacial score (nSPS) is 11.1. The maximum atomic E-state index is 13.8. The van der Waals surface area contributed by atoms with Crippen molar-refractivity contribution in [3.63, 3.8) is 0 Å². The summed E-state index contributed by atoms with van der Waals surface area (Å²) in [7, 11) is 4.03. The Morgan fingerprint density at radius 2 is 1.54 bits per heavy atom. The Balaban J connectivity index is 1.54. The van der Waals surface area contributed by atoms with Crippen LogP contribution in [0, 0.1) is 0 Å². The van der Waals surface area contributed by atoms with Crippen LogP contribution in [0.25, 0.3) is 10.9 Å². The number of fused-ring (bicyclic) bond motifs is 1. The number of H-pyrrole nitrogens is 1. The quantitative estimate of drug-likeness (QED) is 0.265. The van der Waals surface area contributed by atoms with Crippen LogP contribution < -0.4 is 4.90 Å². The number of carbonyl (C=O) groups excluding carboxylic acids is 2. The number of hydrogen-bond acceptors (Lipinski definition) is 3. The molecule has 0 radical (unpaired) electrons. The third kappa shape index (κ3) is 6.88. The molecule has 0 saturated heterocycles. The molecule has 0 bridgehead atoms. The first-order valence-electron chi connectivity index (χ1n) is 13.8. The van der Waals surface area contributed by atoms with Gasteiger partial charge in [0.15, 0.2) is 0 Å². The van der Waals surface area contributed by atoms with E-state index in [0.29, 0.717) is 18.7 Å². The third-order valence-electron chi connectivity index (χ3n) is 7.30. The van der Waals surface area contributed by atoms with E-state index in [2.05, 4.69) is 53.2 Å². The van der Waals surface area contributed by atoms with Gasteiger partial charge in [0.2, 0.25) is 5.91 Å². The fourth-order valence-corrected chi connectivity index (χ4v) is 4.79. The molecule has 6 nitrogen and oxygen atoms in total. The Morgan fingerprint density at radius 1 is 0.872 bits per heavy atom. The van der Waals surface area contributed by atoms with Gasteiger partial charge in [0.05, 0.1) is 0 Å². The SMILES string of the molecule is CCc1ccc(C(=O)N(CC(=O)N(CCc2c[nH]c3ccccc23)Cc2ccc(N(C)C)cc2)C(C)C)cc1. The first-order chi connectivity index (χ1) is 18.8. The van der Waals surface area contributed by atoms with Gasteiger partial charge in [0.25, 0.3) is 5.91 Å². The number of aryl methyl sites for hydroxylation is 1. The van der Waals surface area contributed by atoms with E-state index in [0.717, 1.165) is 29.6 Å². The number of benzene rings is 3. The number of nitrogens with zero attached hydrogens (tertiary/aromatic N) is 3. The number of rotatable bonds is 11. The van der Waals surface area contributed by atoms with Crippen LogP contribution in [-0.2, 0) is 24.2 Å². The van der Waals surface area contributed by atoms with E-state index in [1.165, 1.54) is 16.5 Å². The number of carbonyl (C=O) groups is 2. The van der Waals surface area contributed by atoms with Gasteiger partial charge < -0.3 is 19.7 Å². The highest BCUT2D eigenvalue weighted by molar-refractivity contribution is 5.96. The summed E-state index contributed by atoms with van der Waals surface area (Å²) in [6.07, 6.45) is 3.67. The van der Waals surface area contributed by atoms with E-state index in [9.17, 15) is 9.59 Å². The van der Waals surface area contributed by atoms with Crippen molar-refractivity contribution in [1.82, 2.24) is 14.8 Å². The van der Waals surface area contributed by atoms with Gasteiger partial charge in [-0.05, 0) is 73.7 Å². The summed E-state index contributed by atoms with van der Waals surface area (Å²) in [6.45, 7) is 7.09. The minimum atomic E-state index is -0.118. The van der Waals surface area contributed by atoms with Crippen LogP contribution in [0.15, 0.2) is 79.0 Å². The highest BCUT2D eigenvalue weighted by Gasteiger charge is 2.25. The van der Waals surface area contributed by atoms with Crippen molar-refractivity contribution < 1.29 is 9.59 Å². The summed E-state index contributed by atoms with van der Waals surface area (Å²) in [4.78, 5) is 36.2. The molecule has 0 aliphatic rings. The molecule has 1 aromatic heterocycles. The van der Waals surface area contributed by atoms with E-state index in [4.69, 9.17) is 0 Å². The molecule has 4 rings (SSSR count). The number of aromatic amines is 1. The lowest BCUT2D eigenvalue weighted by Gasteiger charge is -2.30. The second-order valence-electron chi connectivity index (χ2n) is 10.6. The first kappa shape index (κ1) is 28.0. The molecule has 0 spiro atoms. The Kier molecular flexibility index (Phi) is 9.07. The fraction of sp³-hybridized carbons (Fsp3) is 0.333. The monoisotopic (exact) mass is 524 g/mol. The average Bonchev–Trinajstić information content (AvgIpc) is 3.36. The summed E-state index contributed by atoms with van der Waals surface area (Å²) in [5.41, 5.74) is 6.24. The zero-order valence-corrected chi connectivity index (χ0v) is 23.8. The molecule has 1 N–H and O–H groups in total. The zero-order chi connectivity index (χ0) is 27.9. The molecule has 0 fully saturated rings. The minimum Gasteiger partial charge on any atom is -0.378 e. The highest BCUT2D eigenvalue weighted by Crippen LogP contribution is 2.20. The lowest BCUT2D eigenvalue weighted by atomic mass is 10.1. The van der Waals surface area contributed by atoms with Crippen molar-refractivity contribution in [3.8, 4) is 0 Å². The van der Waals surface area contributed by atoms with Crippen molar-refractivity contribution in [2.24, 2.45) is 0 Å². The molecule has 1 heterocycles. The van der Waals surface area contributed by atoms with Crippen LogP contribution in [-0.4, -0.2) is 59.8 Å². The second-order valence-corrected chi connectivity index (χ2v) is 10.6.